The lowest BCUT2D eigenvalue weighted by molar-refractivity contribution is 0.0940. The van der Waals surface area contributed by atoms with Crippen LogP contribution in [0.1, 0.15) is 16.8 Å². The molecule has 0 spiro atoms. The molecule has 1 amide bonds. The molecular weight excluding hydrogens is 378 g/mol. The number of halogens is 2. The van der Waals surface area contributed by atoms with Crippen LogP contribution in [-0.2, 0) is 0 Å². The van der Waals surface area contributed by atoms with E-state index in [0.717, 1.165) is 30.0 Å². The number of aromatic nitrogens is 2. The average molecular weight is 398 g/mol. The summed E-state index contributed by atoms with van der Waals surface area (Å²) < 4.78 is 31.8. The molecule has 0 bridgehead atoms. The van der Waals surface area contributed by atoms with Gasteiger partial charge < -0.3 is 15.0 Å². The third-order valence-electron chi connectivity index (χ3n) is 4.98. The Kier molecular flexibility index (Phi) is 5.16. The van der Waals surface area contributed by atoms with Crippen LogP contribution in [-0.4, -0.2) is 42.3 Å². The Bertz CT molecular complexity index is 1020. The minimum Gasteiger partial charge on any atom is -0.494 e. The number of rotatable bonds is 5. The fourth-order valence-corrected chi connectivity index (χ4v) is 3.41. The van der Waals surface area contributed by atoms with Crippen molar-refractivity contribution in [2.24, 2.45) is 0 Å². The number of hydrogen-bond donors (Lipinski definition) is 2. The van der Waals surface area contributed by atoms with Gasteiger partial charge in [-0.2, -0.15) is 5.10 Å². The average Bonchev–Trinajstić information content (AvgIpc) is 3.38. The number of amides is 1. The Balaban J connectivity index is 1.38. The van der Waals surface area contributed by atoms with Crippen molar-refractivity contribution in [2.45, 2.75) is 12.5 Å². The van der Waals surface area contributed by atoms with E-state index >= 15 is 0 Å². The van der Waals surface area contributed by atoms with Gasteiger partial charge in [0.2, 0.25) is 0 Å². The van der Waals surface area contributed by atoms with Gasteiger partial charge in [0.25, 0.3) is 5.91 Å². The first-order valence-corrected chi connectivity index (χ1v) is 9.24. The van der Waals surface area contributed by atoms with Gasteiger partial charge >= 0.3 is 0 Å². The molecule has 1 aromatic heterocycles. The second-order valence-corrected chi connectivity index (χ2v) is 6.90. The van der Waals surface area contributed by atoms with Crippen LogP contribution in [0, 0.1) is 11.6 Å². The lowest BCUT2D eigenvalue weighted by Crippen LogP contribution is -2.37. The van der Waals surface area contributed by atoms with Gasteiger partial charge in [-0.1, -0.05) is 0 Å². The summed E-state index contributed by atoms with van der Waals surface area (Å²) in [5.74, 6) is -0.325. The van der Waals surface area contributed by atoms with E-state index in [1.807, 2.05) is 6.07 Å². The maximum absolute atomic E-state index is 13.8. The van der Waals surface area contributed by atoms with Crippen LogP contribution in [0.15, 0.2) is 48.5 Å². The Hall–Kier alpha value is -3.42. The number of benzene rings is 2. The fourth-order valence-electron chi connectivity index (χ4n) is 3.41. The van der Waals surface area contributed by atoms with Crippen molar-refractivity contribution in [3.05, 3.63) is 65.7 Å². The van der Waals surface area contributed by atoms with Crippen LogP contribution in [0.5, 0.6) is 5.75 Å². The van der Waals surface area contributed by atoms with Gasteiger partial charge in [0.15, 0.2) is 17.4 Å². The third kappa shape index (κ3) is 4.06. The monoisotopic (exact) mass is 398 g/mol. The highest BCUT2D eigenvalue weighted by molar-refractivity contribution is 5.94. The molecule has 0 radical (unpaired) electrons. The third-order valence-corrected chi connectivity index (χ3v) is 4.98. The number of carbonyl (C=O) groups is 1. The van der Waals surface area contributed by atoms with E-state index in [0.29, 0.717) is 6.54 Å². The number of anilines is 1. The van der Waals surface area contributed by atoms with Crippen molar-refractivity contribution >= 4 is 11.7 Å². The fraction of sp³-hybridized carbons (Fsp3) is 0.238. The maximum atomic E-state index is 13.8. The number of nitrogens with one attached hydrogen (secondary N) is 2. The Labute approximate surface area is 166 Å². The molecule has 2 aromatic carbocycles. The zero-order chi connectivity index (χ0) is 20.4. The van der Waals surface area contributed by atoms with Crippen LogP contribution in [0.2, 0.25) is 0 Å². The van der Waals surface area contributed by atoms with Crippen LogP contribution < -0.4 is 15.0 Å². The molecular formula is C21H20F2N4O2. The summed E-state index contributed by atoms with van der Waals surface area (Å²) in [5, 5.41) is 10.2. The molecule has 8 heteroatoms. The van der Waals surface area contributed by atoms with Crippen LogP contribution in [0.3, 0.4) is 0 Å². The van der Waals surface area contributed by atoms with Gasteiger partial charge in [0.05, 0.1) is 12.8 Å². The number of aromatic amines is 1. The molecule has 29 heavy (non-hydrogen) atoms. The molecule has 1 fully saturated rings. The molecule has 0 aliphatic carbocycles. The SMILES string of the molecule is COc1ccc(C(=O)N[C@H]2CCN(c3cc(-c4ccc(F)cc4)[nH]n3)C2)cc1F. The molecule has 1 aliphatic rings. The summed E-state index contributed by atoms with van der Waals surface area (Å²) in [6.07, 6.45) is 0.753. The predicted octanol–water partition coefficient (Wildman–Crippen LogP) is 3.37. The van der Waals surface area contributed by atoms with Gasteiger partial charge in [-0.15, -0.1) is 0 Å². The number of nitrogens with zero attached hydrogens (tertiary/aromatic N) is 2. The van der Waals surface area contributed by atoms with Crippen LogP contribution in [0.25, 0.3) is 11.3 Å². The Morgan fingerprint density at radius 3 is 2.72 bits per heavy atom. The van der Waals surface area contributed by atoms with Crippen molar-refractivity contribution in [2.75, 3.05) is 25.1 Å². The maximum Gasteiger partial charge on any atom is 0.251 e. The van der Waals surface area contributed by atoms with Crippen molar-refractivity contribution in [3.63, 3.8) is 0 Å². The minimum atomic E-state index is -0.571. The zero-order valence-electron chi connectivity index (χ0n) is 15.8. The molecule has 1 atom stereocenters. The van der Waals surface area contributed by atoms with E-state index in [1.165, 1.54) is 37.4 Å². The first-order chi connectivity index (χ1) is 14.0. The van der Waals surface area contributed by atoms with Crippen molar-refractivity contribution in [1.29, 1.82) is 0 Å². The smallest absolute Gasteiger partial charge is 0.251 e. The lowest BCUT2D eigenvalue weighted by Gasteiger charge is -2.16. The van der Waals surface area contributed by atoms with E-state index in [1.54, 1.807) is 12.1 Å². The standard InChI is InChI=1S/C21H20F2N4O2/c1-29-19-7-4-14(10-17(19)23)21(28)24-16-8-9-27(12-16)20-11-18(25-26-20)13-2-5-15(22)6-3-13/h2-7,10-11,16H,8-9,12H2,1H3,(H,24,28)(H,25,26)/t16-/m0/s1. The van der Waals surface area contributed by atoms with Crippen molar-refractivity contribution in [1.82, 2.24) is 15.5 Å². The van der Waals surface area contributed by atoms with Gasteiger partial charge in [-0.05, 0) is 54.4 Å². The van der Waals surface area contributed by atoms with Gasteiger partial charge in [0, 0.05) is 30.8 Å². The summed E-state index contributed by atoms with van der Waals surface area (Å²) in [6, 6.07) is 12.1. The second-order valence-electron chi connectivity index (χ2n) is 6.90. The molecule has 1 aliphatic heterocycles. The van der Waals surface area contributed by atoms with Gasteiger partial charge in [-0.3, -0.25) is 9.89 Å². The molecule has 2 N–H and O–H groups in total. The van der Waals surface area contributed by atoms with Gasteiger partial charge in [-0.25, -0.2) is 8.78 Å². The normalized spacial score (nSPS) is 16.1. The Morgan fingerprint density at radius 2 is 2.00 bits per heavy atom. The van der Waals surface area contributed by atoms with Gasteiger partial charge in [0.1, 0.15) is 5.82 Å². The second kappa shape index (κ2) is 7.90. The molecule has 4 rings (SSSR count). The number of ether oxygens (including phenoxy) is 1. The van der Waals surface area contributed by atoms with E-state index in [2.05, 4.69) is 20.4 Å². The summed E-state index contributed by atoms with van der Waals surface area (Å²) in [7, 11) is 1.38. The first-order valence-electron chi connectivity index (χ1n) is 9.24. The van der Waals surface area contributed by atoms with Crippen LogP contribution >= 0.6 is 0 Å². The summed E-state index contributed by atoms with van der Waals surface area (Å²) >= 11 is 0. The molecule has 0 unspecified atom stereocenters. The van der Waals surface area contributed by atoms with Crippen molar-refractivity contribution in [3.8, 4) is 17.0 Å². The molecule has 150 valence electrons. The number of hydrogen-bond acceptors (Lipinski definition) is 4. The van der Waals surface area contributed by atoms with Crippen LogP contribution in [0.4, 0.5) is 14.6 Å². The highest BCUT2D eigenvalue weighted by Gasteiger charge is 2.26. The van der Waals surface area contributed by atoms with E-state index in [9.17, 15) is 13.6 Å². The number of H-pyrrole nitrogens is 1. The lowest BCUT2D eigenvalue weighted by atomic mass is 10.1. The number of carbonyl (C=O) groups excluding carboxylic acids is 1. The van der Waals surface area contributed by atoms with E-state index < -0.39 is 5.82 Å². The highest BCUT2D eigenvalue weighted by atomic mass is 19.1. The molecule has 2 heterocycles. The molecule has 0 saturated carbocycles. The quantitative estimate of drug-likeness (QED) is 0.691. The number of methoxy groups -OCH3 is 1. The van der Waals surface area contributed by atoms with Crippen molar-refractivity contribution < 1.29 is 18.3 Å². The van der Waals surface area contributed by atoms with E-state index in [-0.39, 0.29) is 29.1 Å². The molecule has 3 aromatic rings. The summed E-state index contributed by atoms with van der Waals surface area (Å²) in [6.45, 7) is 1.33. The Morgan fingerprint density at radius 1 is 1.21 bits per heavy atom. The first kappa shape index (κ1) is 18.9. The highest BCUT2D eigenvalue weighted by Crippen LogP contribution is 2.25. The van der Waals surface area contributed by atoms with E-state index in [4.69, 9.17) is 4.74 Å². The molecule has 6 nitrogen and oxygen atoms in total. The summed E-state index contributed by atoms with van der Waals surface area (Å²) in [4.78, 5) is 14.5. The zero-order valence-corrected chi connectivity index (χ0v) is 15.8. The topological polar surface area (TPSA) is 70.2 Å². The predicted molar refractivity (Wildman–Crippen MR) is 105 cm³/mol. The molecule has 1 saturated heterocycles. The minimum absolute atomic E-state index is 0.0707. The summed E-state index contributed by atoms with van der Waals surface area (Å²) in [5.41, 5.74) is 1.89. The largest absolute Gasteiger partial charge is 0.494 e.